The minimum Gasteiger partial charge on any atom is -0.481 e. The Morgan fingerprint density at radius 2 is 2.00 bits per heavy atom. The molecule has 1 N–H and O–H groups in total. The molecule has 0 aromatic carbocycles. The van der Waals surface area contributed by atoms with Gasteiger partial charge in [0.1, 0.15) is 0 Å². The molecule has 2 amide bonds. The molecule has 1 aliphatic carbocycles. The average molecular weight is 268 g/mol. The molecule has 1 saturated heterocycles. The van der Waals surface area contributed by atoms with E-state index in [1.165, 1.54) is 0 Å². The Labute approximate surface area is 114 Å². The van der Waals surface area contributed by atoms with Crippen molar-refractivity contribution in [2.45, 2.75) is 64.0 Å². The van der Waals surface area contributed by atoms with Crippen molar-refractivity contribution >= 4 is 12.0 Å². The zero-order chi connectivity index (χ0) is 13.8. The highest BCUT2D eigenvalue weighted by Crippen LogP contribution is 2.30. The quantitative estimate of drug-likeness (QED) is 0.832. The summed E-state index contributed by atoms with van der Waals surface area (Å²) < 4.78 is 0. The molecule has 2 aliphatic rings. The van der Waals surface area contributed by atoms with Crippen LogP contribution in [0.3, 0.4) is 0 Å². The zero-order valence-corrected chi connectivity index (χ0v) is 11.7. The standard InChI is InChI=1S/C14H24N2O3/c1-2-15(12-6-7-12)14(19)16-10-4-3-5-11(16)8-9-13(17)18/h11-12H,2-10H2,1H3,(H,17,18). The number of carbonyl (C=O) groups excluding carboxylic acids is 1. The largest absolute Gasteiger partial charge is 0.481 e. The fraction of sp³-hybridized carbons (Fsp3) is 0.857. The summed E-state index contributed by atoms with van der Waals surface area (Å²) in [5, 5.41) is 8.81. The van der Waals surface area contributed by atoms with Crippen LogP contribution in [0, 0.1) is 0 Å². The summed E-state index contributed by atoms with van der Waals surface area (Å²) in [6, 6.07) is 0.671. The molecule has 0 radical (unpaired) electrons. The van der Waals surface area contributed by atoms with E-state index in [2.05, 4.69) is 0 Å². The summed E-state index contributed by atoms with van der Waals surface area (Å²) >= 11 is 0. The molecule has 2 fully saturated rings. The number of piperidine rings is 1. The average Bonchev–Trinajstić information content (AvgIpc) is 3.22. The molecule has 1 heterocycles. The molecule has 5 nitrogen and oxygen atoms in total. The lowest BCUT2D eigenvalue weighted by Crippen LogP contribution is -2.51. The van der Waals surface area contributed by atoms with E-state index in [0.29, 0.717) is 12.5 Å². The lowest BCUT2D eigenvalue weighted by Gasteiger charge is -2.39. The lowest BCUT2D eigenvalue weighted by molar-refractivity contribution is -0.137. The molecule has 0 aromatic heterocycles. The van der Waals surface area contributed by atoms with Gasteiger partial charge in [-0.2, -0.15) is 0 Å². The van der Waals surface area contributed by atoms with Gasteiger partial charge in [0, 0.05) is 31.6 Å². The van der Waals surface area contributed by atoms with E-state index in [1.807, 2.05) is 16.7 Å². The minimum atomic E-state index is -0.771. The number of carboxylic acid groups (broad SMARTS) is 1. The molecular weight excluding hydrogens is 244 g/mol. The first kappa shape index (κ1) is 14.2. The van der Waals surface area contributed by atoms with Crippen molar-refractivity contribution in [1.29, 1.82) is 0 Å². The van der Waals surface area contributed by atoms with E-state index < -0.39 is 5.97 Å². The number of hydrogen-bond acceptors (Lipinski definition) is 2. The topological polar surface area (TPSA) is 60.9 Å². The van der Waals surface area contributed by atoms with Crippen molar-refractivity contribution in [3.63, 3.8) is 0 Å². The Bertz CT molecular complexity index is 342. The number of aliphatic carboxylic acids is 1. The van der Waals surface area contributed by atoms with Gasteiger partial charge in [-0.3, -0.25) is 4.79 Å². The molecule has 1 unspecified atom stereocenters. The number of carbonyl (C=O) groups is 2. The second-order valence-electron chi connectivity index (χ2n) is 5.58. The fourth-order valence-corrected chi connectivity index (χ4v) is 2.94. The number of carboxylic acids is 1. The van der Waals surface area contributed by atoms with Gasteiger partial charge in [0.15, 0.2) is 0 Å². The second-order valence-corrected chi connectivity index (χ2v) is 5.58. The highest BCUT2D eigenvalue weighted by atomic mass is 16.4. The summed E-state index contributed by atoms with van der Waals surface area (Å²) in [5.41, 5.74) is 0. The van der Waals surface area contributed by atoms with Crippen LogP contribution in [-0.4, -0.2) is 52.1 Å². The minimum absolute atomic E-state index is 0.116. The van der Waals surface area contributed by atoms with Crippen molar-refractivity contribution in [2.24, 2.45) is 0 Å². The van der Waals surface area contributed by atoms with Gasteiger partial charge in [-0.1, -0.05) is 0 Å². The Morgan fingerprint density at radius 3 is 2.58 bits per heavy atom. The highest BCUT2D eigenvalue weighted by Gasteiger charge is 2.36. The van der Waals surface area contributed by atoms with Gasteiger partial charge < -0.3 is 14.9 Å². The van der Waals surface area contributed by atoms with E-state index in [1.54, 1.807) is 0 Å². The summed E-state index contributed by atoms with van der Waals surface area (Å²) in [7, 11) is 0. The maximum atomic E-state index is 12.6. The third-order valence-electron chi connectivity index (χ3n) is 4.14. The summed E-state index contributed by atoms with van der Waals surface area (Å²) in [6.45, 7) is 3.56. The smallest absolute Gasteiger partial charge is 0.320 e. The first-order valence-corrected chi connectivity index (χ1v) is 7.42. The van der Waals surface area contributed by atoms with Crippen LogP contribution in [-0.2, 0) is 4.79 Å². The van der Waals surface area contributed by atoms with Gasteiger partial charge in [-0.15, -0.1) is 0 Å². The van der Waals surface area contributed by atoms with Crippen molar-refractivity contribution in [1.82, 2.24) is 9.80 Å². The van der Waals surface area contributed by atoms with Crippen LogP contribution in [0.1, 0.15) is 51.9 Å². The zero-order valence-electron chi connectivity index (χ0n) is 11.7. The first-order chi connectivity index (χ1) is 9.13. The fourth-order valence-electron chi connectivity index (χ4n) is 2.94. The van der Waals surface area contributed by atoms with E-state index in [0.717, 1.165) is 45.2 Å². The molecular formula is C14H24N2O3. The summed E-state index contributed by atoms with van der Waals surface area (Å²) in [5.74, 6) is -0.771. The number of urea groups is 1. The molecule has 1 aliphatic heterocycles. The first-order valence-electron chi connectivity index (χ1n) is 7.42. The van der Waals surface area contributed by atoms with Crippen LogP contribution in [0.5, 0.6) is 0 Å². The van der Waals surface area contributed by atoms with Crippen molar-refractivity contribution in [3.05, 3.63) is 0 Å². The predicted octanol–water partition coefficient (Wildman–Crippen LogP) is 2.31. The monoisotopic (exact) mass is 268 g/mol. The molecule has 0 bridgehead atoms. The van der Waals surface area contributed by atoms with Crippen molar-refractivity contribution < 1.29 is 14.7 Å². The van der Waals surface area contributed by atoms with Crippen LogP contribution in [0.25, 0.3) is 0 Å². The molecule has 0 aromatic rings. The summed E-state index contributed by atoms with van der Waals surface area (Å²) in [4.78, 5) is 27.2. The van der Waals surface area contributed by atoms with E-state index in [9.17, 15) is 9.59 Å². The number of likely N-dealkylation sites (tertiary alicyclic amines) is 1. The number of hydrogen-bond donors (Lipinski definition) is 1. The third-order valence-corrected chi connectivity index (χ3v) is 4.14. The SMILES string of the molecule is CCN(C(=O)N1CCCCC1CCC(=O)O)C1CC1. The molecule has 108 valence electrons. The highest BCUT2D eigenvalue weighted by molar-refractivity contribution is 5.76. The number of nitrogens with zero attached hydrogens (tertiary/aromatic N) is 2. The lowest BCUT2D eigenvalue weighted by atomic mass is 9.98. The normalized spacial score (nSPS) is 23.2. The number of rotatable bonds is 5. The number of amides is 2. The van der Waals surface area contributed by atoms with Crippen LogP contribution < -0.4 is 0 Å². The van der Waals surface area contributed by atoms with E-state index in [-0.39, 0.29) is 18.5 Å². The maximum Gasteiger partial charge on any atom is 0.320 e. The van der Waals surface area contributed by atoms with Gasteiger partial charge in [-0.05, 0) is 45.4 Å². The van der Waals surface area contributed by atoms with Crippen molar-refractivity contribution in [2.75, 3.05) is 13.1 Å². The van der Waals surface area contributed by atoms with Gasteiger partial charge >= 0.3 is 12.0 Å². The molecule has 0 spiro atoms. The Balaban J connectivity index is 1.97. The van der Waals surface area contributed by atoms with Crippen LogP contribution in [0.4, 0.5) is 4.79 Å². The van der Waals surface area contributed by atoms with Gasteiger partial charge in [0.25, 0.3) is 0 Å². The van der Waals surface area contributed by atoms with E-state index in [4.69, 9.17) is 5.11 Å². The van der Waals surface area contributed by atoms with E-state index >= 15 is 0 Å². The van der Waals surface area contributed by atoms with Crippen molar-refractivity contribution in [3.8, 4) is 0 Å². The van der Waals surface area contributed by atoms with Gasteiger partial charge in [-0.25, -0.2) is 4.79 Å². The van der Waals surface area contributed by atoms with Gasteiger partial charge in [0.05, 0.1) is 0 Å². The predicted molar refractivity (Wildman–Crippen MR) is 72.0 cm³/mol. The third kappa shape index (κ3) is 3.61. The summed E-state index contributed by atoms with van der Waals surface area (Å²) in [6.07, 6.45) is 6.07. The molecule has 19 heavy (non-hydrogen) atoms. The van der Waals surface area contributed by atoms with Gasteiger partial charge in [0.2, 0.25) is 0 Å². The maximum absolute atomic E-state index is 12.6. The molecule has 1 atom stereocenters. The second kappa shape index (κ2) is 6.26. The molecule has 1 saturated carbocycles. The Hall–Kier alpha value is -1.26. The Kier molecular flexibility index (Phi) is 4.66. The van der Waals surface area contributed by atoms with Crippen LogP contribution in [0.2, 0.25) is 0 Å². The van der Waals surface area contributed by atoms with Crippen LogP contribution in [0.15, 0.2) is 0 Å². The molecule has 2 rings (SSSR count). The molecule has 5 heteroatoms. The Morgan fingerprint density at radius 1 is 1.26 bits per heavy atom. The van der Waals surface area contributed by atoms with Crippen LogP contribution >= 0.6 is 0 Å².